The molecule has 160 valence electrons. The lowest BCUT2D eigenvalue weighted by Gasteiger charge is -2.12. The van der Waals surface area contributed by atoms with Crippen molar-refractivity contribution in [1.82, 2.24) is 0 Å². The molecule has 0 aliphatic rings. The lowest BCUT2D eigenvalue weighted by atomic mass is 10.1. The fourth-order valence-corrected chi connectivity index (χ4v) is 2.91. The van der Waals surface area contributed by atoms with Crippen molar-refractivity contribution >= 4 is 40.9 Å². The molecule has 2 amide bonds. The van der Waals surface area contributed by atoms with Gasteiger partial charge in [0.1, 0.15) is 0 Å². The van der Waals surface area contributed by atoms with E-state index in [4.69, 9.17) is 21.1 Å². The van der Waals surface area contributed by atoms with Gasteiger partial charge < -0.3 is 20.1 Å². The molecule has 2 N–H and O–H groups in total. The van der Waals surface area contributed by atoms with Crippen molar-refractivity contribution in [2.45, 2.75) is 27.7 Å². The molecule has 0 bridgehead atoms. The Morgan fingerprint density at radius 1 is 1.17 bits per heavy atom. The topological polar surface area (TPSA) is 76.7 Å². The highest BCUT2D eigenvalue weighted by atomic mass is 35.5. The molecule has 2 rings (SSSR count). The van der Waals surface area contributed by atoms with Gasteiger partial charge in [-0.3, -0.25) is 9.59 Å². The molecule has 2 aromatic rings. The molecule has 0 atom stereocenters. The molecule has 0 unspecified atom stereocenters. The van der Waals surface area contributed by atoms with Gasteiger partial charge in [-0.15, -0.1) is 0 Å². The second kappa shape index (κ2) is 10.7. The summed E-state index contributed by atoms with van der Waals surface area (Å²) in [5.74, 6) is 0.436. The van der Waals surface area contributed by atoms with Crippen molar-refractivity contribution in [1.29, 1.82) is 0 Å². The van der Waals surface area contributed by atoms with Crippen molar-refractivity contribution in [3.8, 4) is 11.5 Å². The van der Waals surface area contributed by atoms with Crippen LogP contribution in [0.15, 0.2) is 36.4 Å². The smallest absolute Gasteiger partial charge is 0.248 e. The summed E-state index contributed by atoms with van der Waals surface area (Å²) >= 11 is 6.24. The molecule has 0 aliphatic heterocycles. The number of carbonyl (C=O) groups is 2. The normalized spacial score (nSPS) is 10.9. The number of nitrogens with one attached hydrogen (secondary N) is 2. The Kier molecular flexibility index (Phi) is 8.30. The molecule has 0 heterocycles. The van der Waals surface area contributed by atoms with Crippen LogP contribution in [0.5, 0.6) is 11.5 Å². The number of amides is 2. The first kappa shape index (κ1) is 23.3. The minimum atomic E-state index is -0.310. The first-order chi connectivity index (χ1) is 14.2. The number of hydrogen-bond donors (Lipinski definition) is 2. The van der Waals surface area contributed by atoms with E-state index in [1.807, 2.05) is 33.8 Å². The minimum absolute atomic E-state index is 0.0856. The van der Waals surface area contributed by atoms with Crippen molar-refractivity contribution in [2.24, 2.45) is 5.92 Å². The van der Waals surface area contributed by atoms with Crippen LogP contribution in [0, 0.1) is 12.8 Å². The quantitative estimate of drug-likeness (QED) is 0.557. The van der Waals surface area contributed by atoms with Crippen LogP contribution in [0.4, 0.5) is 11.4 Å². The Labute approximate surface area is 182 Å². The third kappa shape index (κ3) is 6.26. The molecule has 0 saturated carbocycles. The monoisotopic (exact) mass is 430 g/mol. The fourth-order valence-electron chi connectivity index (χ4n) is 2.61. The van der Waals surface area contributed by atoms with Crippen LogP contribution >= 0.6 is 11.6 Å². The zero-order chi connectivity index (χ0) is 22.3. The Morgan fingerprint density at radius 2 is 1.90 bits per heavy atom. The van der Waals surface area contributed by atoms with Gasteiger partial charge in [0.25, 0.3) is 0 Å². The lowest BCUT2D eigenvalue weighted by Crippen LogP contribution is -2.18. The van der Waals surface area contributed by atoms with Gasteiger partial charge in [0.2, 0.25) is 11.8 Å². The van der Waals surface area contributed by atoms with Gasteiger partial charge in [-0.05, 0) is 55.3 Å². The number of hydrogen-bond acceptors (Lipinski definition) is 4. The van der Waals surface area contributed by atoms with Crippen LogP contribution in [0.1, 0.15) is 31.9 Å². The first-order valence-corrected chi connectivity index (χ1v) is 10.0. The molecule has 6 nitrogen and oxygen atoms in total. The average molecular weight is 431 g/mol. The van der Waals surface area contributed by atoms with E-state index in [1.165, 1.54) is 13.2 Å². The van der Waals surface area contributed by atoms with Gasteiger partial charge in [-0.25, -0.2) is 0 Å². The second-order valence-corrected chi connectivity index (χ2v) is 7.37. The molecular weight excluding hydrogens is 404 g/mol. The lowest BCUT2D eigenvalue weighted by molar-refractivity contribution is -0.119. The summed E-state index contributed by atoms with van der Waals surface area (Å²) in [5.41, 5.74) is 2.83. The molecule has 2 aromatic carbocycles. The molecule has 0 fully saturated rings. The van der Waals surface area contributed by atoms with Crippen LogP contribution in [0.2, 0.25) is 5.02 Å². The maximum Gasteiger partial charge on any atom is 0.248 e. The Hall–Kier alpha value is -2.99. The van der Waals surface area contributed by atoms with E-state index in [9.17, 15) is 9.59 Å². The van der Waals surface area contributed by atoms with Crippen molar-refractivity contribution in [2.75, 3.05) is 24.4 Å². The van der Waals surface area contributed by atoms with Crippen molar-refractivity contribution in [3.63, 3.8) is 0 Å². The third-order valence-electron chi connectivity index (χ3n) is 4.25. The summed E-state index contributed by atoms with van der Waals surface area (Å²) in [5, 5.41) is 6.06. The van der Waals surface area contributed by atoms with Gasteiger partial charge in [0.05, 0.1) is 18.7 Å². The van der Waals surface area contributed by atoms with Crippen LogP contribution in [-0.4, -0.2) is 25.5 Å². The number of rotatable bonds is 8. The van der Waals surface area contributed by atoms with E-state index < -0.39 is 0 Å². The Balaban J connectivity index is 2.15. The number of aryl methyl sites for hydroxylation is 1. The van der Waals surface area contributed by atoms with Crippen LogP contribution < -0.4 is 20.1 Å². The summed E-state index contributed by atoms with van der Waals surface area (Å²) in [6.45, 7) is 7.84. The largest absolute Gasteiger partial charge is 0.491 e. The fraction of sp³-hybridized carbons (Fsp3) is 0.304. The van der Waals surface area contributed by atoms with Crippen LogP contribution in [-0.2, 0) is 9.59 Å². The van der Waals surface area contributed by atoms with Gasteiger partial charge in [0.15, 0.2) is 11.5 Å². The van der Waals surface area contributed by atoms with E-state index in [2.05, 4.69) is 10.6 Å². The number of methoxy groups -OCH3 is 1. The number of carbonyl (C=O) groups excluding carboxylic acids is 2. The summed E-state index contributed by atoms with van der Waals surface area (Å²) in [6, 6.07) is 8.83. The molecule has 0 radical (unpaired) electrons. The Morgan fingerprint density at radius 3 is 2.53 bits per heavy atom. The van der Waals surface area contributed by atoms with Crippen LogP contribution in [0.3, 0.4) is 0 Å². The molecular formula is C23H27ClN2O4. The standard InChI is InChI=1S/C23H27ClN2O4/c1-6-30-20-12-16(11-18(24)22(20)29-5)8-10-21(27)26-19-13-17(9-7-15(19)4)25-23(28)14(2)3/h7-14H,6H2,1-5H3,(H,25,28)(H,26,27)/b10-8+. The predicted molar refractivity (Wildman–Crippen MR) is 121 cm³/mol. The predicted octanol–water partition coefficient (Wildman–Crippen LogP) is 5.30. The molecule has 0 aliphatic carbocycles. The van der Waals surface area contributed by atoms with E-state index in [0.717, 1.165) is 5.56 Å². The number of anilines is 2. The summed E-state index contributed by atoms with van der Waals surface area (Å²) in [6.07, 6.45) is 3.05. The molecule has 7 heteroatoms. The van der Waals surface area contributed by atoms with Gasteiger partial charge in [-0.1, -0.05) is 31.5 Å². The first-order valence-electron chi connectivity index (χ1n) is 9.66. The zero-order valence-electron chi connectivity index (χ0n) is 17.8. The van der Waals surface area contributed by atoms with E-state index in [0.29, 0.717) is 40.1 Å². The summed E-state index contributed by atoms with van der Waals surface area (Å²) in [4.78, 5) is 24.3. The highest BCUT2D eigenvalue weighted by molar-refractivity contribution is 6.32. The van der Waals surface area contributed by atoms with E-state index in [1.54, 1.807) is 30.3 Å². The van der Waals surface area contributed by atoms with Crippen molar-refractivity contribution in [3.05, 3.63) is 52.6 Å². The Bertz CT molecular complexity index is 954. The maximum absolute atomic E-state index is 12.4. The molecule has 0 saturated heterocycles. The third-order valence-corrected chi connectivity index (χ3v) is 4.53. The van der Waals surface area contributed by atoms with Gasteiger partial charge in [-0.2, -0.15) is 0 Å². The number of benzene rings is 2. The molecule has 0 aromatic heterocycles. The highest BCUT2D eigenvalue weighted by Crippen LogP contribution is 2.36. The van der Waals surface area contributed by atoms with E-state index >= 15 is 0 Å². The minimum Gasteiger partial charge on any atom is -0.491 e. The van der Waals surface area contributed by atoms with Gasteiger partial charge >= 0.3 is 0 Å². The zero-order valence-corrected chi connectivity index (χ0v) is 18.6. The molecule has 30 heavy (non-hydrogen) atoms. The highest BCUT2D eigenvalue weighted by Gasteiger charge is 2.11. The van der Waals surface area contributed by atoms with Crippen LogP contribution in [0.25, 0.3) is 6.08 Å². The average Bonchev–Trinajstić information content (AvgIpc) is 2.69. The summed E-state index contributed by atoms with van der Waals surface area (Å²) in [7, 11) is 1.52. The summed E-state index contributed by atoms with van der Waals surface area (Å²) < 4.78 is 10.8. The maximum atomic E-state index is 12.4. The van der Waals surface area contributed by atoms with Crippen molar-refractivity contribution < 1.29 is 19.1 Å². The molecule has 0 spiro atoms. The SMILES string of the molecule is CCOc1cc(/C=C/C(=O)Nc2cc(NC(=O)C(C)C)ccc2C)cc(Cl)c1OC. The number of halogens is 1. The number of ether oxygens (including phenoxy) is 2. The van der Waals surface area contributed by atoms with E-state index in [-0.39, 0.29) is 17.7 Å². The second-order valence-electron chi connectivity index (χ2n) is 6.96. The van der Waals surface area contributed by atoms with Gasteiger partial charge in [0, 0.05) is 23.4 Å².